The first-order valence-electron chi connectivity index (χ1n) is 5.69. The number of oxazole rings is 1. The highest BCUT2D eigenvalue weighted by Crippen LogP contribution is 2.49. The molecule has 1 aromatic rings. The van der Waals surface area contributed by atoms with Gasteiger partial charge in [0.1, 0.15) is 6.26 Å². The molecule has 3 rings (SSSR count). The lowest BCUT2D eigenvalue weighted by atomic mass is 9.58. The fourth-order valence-corrected chi connectivity index (χ4v) is 2.86. The maximum Gasteiger partial charge on any atom is 0.436 e. The predicted molar refractivity (Wildman–Crippen MR) is 53.2 cm³/mol. The molecule has 0 radical (unpaired) electrons. The van der Waals surface area contributed by atoms with E-state index in [0.29, 0.717) is 24.0 Å². The van der Waals surface area contributed by atoms with Gasteiger partial charge < -0.3 is 9.73 Å². The second-order valence-corrected chi connectivity index (χ2v) is 5.21. The molecule has 1 aliphatic carbocycles. The van der Waals surface area contributed by atoms with Crippen molar-refractivity contribution in [2.45, 2.75) is 25.4 Å². The first-order valence-corrected chi connectivity index (χ1v) is 5.69. The van der Waals surface area contributed by atoms with Gasteiger partial charge in [0.15, 0.2) is 11.6 Å². The van der Waals surface area contributed by atoms with Gasteiger partial charge in [0, 0.05) is 19.5 Å². The van der Waals surface area contributed by atoms with Crippen LogP contribution in [0.1, 0.15) is 24.4 Å². The second-order valence-electron chi connectivity index (χ2n) is 5.21. The zero-order chi connectivity index (χ0) is 12.1. The lowest BCUT2D eigenvalue weighted by molar-refractivity contribution is -0.141. The summed E-state index contributed by atoms with van der Waals surface area (Å²) >= 11 is 0. The summed E-state index contributed by atoms with van der Waals surface area (Å²) in [6, 6.07) is 0. The number of halogens is 3. The third kappa shape index (κ3) is 1.94. The van der Waals surface area contributed by atoms with Crippen LogP contribution in [0.25, 0.3) is 0 Å². The molecule has 1 spiro atoms. The smallest absolute Gasteiger partial charge is 0.436 e. The van der Waals surface area contributed by atoms with Crippen molar-refractivity contribution < 1.29 is 17.6 Å². The molecular weight excluding hydrogens is 233 g/mol. The monoisotopic (exact) mass is 246 g/mol. The first-order chi connectivity index (χ1) is 7.97. The SMILES string of the molecule is FC(F)(F)c1coc(CC2CC3(CNC3)C2)n1. The Bertz CT molecular complexity index is 415. The highest BCUT2D eigenvalue weighted by Gasteiger charge is 2.48. The van der Waals surface area contributed by atoms with Crippen LogP contribution >= 0.6 is 0 Å². The van der Waals surface area contributed by atoms with Crippen molar-refractivity contribution in [3.05, 3.63) is 17.8 Å². The van der Waals surface area contributed by atoms with Gasteiger partial charge >= 0.3 is 6.18 Å². The van der Waals surface area contributed by atoms with E-state index < -0.39 is 11.9 Å². The van der Waals surface area contributed by atoms with Gasteiger partial charge in [0.2, 0.25) is 0 Å². The van der Waals surface area contributed by atoms with Gasteiger partial charge in [-0.1, -0.05) is 0 Å². The molecule has 2 heterocycles. The topological polar surface area (TPSA) is 38.1 Å². The Kier molecular flexibility index (Phi) is 2.26. The number of rotatable bonds is 2. The van der Waals surface area contributed by atoms with Gasteiger partial charge in [-0.05, 0) is 24.2 Å². The number of hydrogen-bond donors (Lipinski definition) is 1. The lowest BCUT2D eigenvalue weighted by Crippen LogP contribution is -2.60. The van der Waals surface area contributed by atoms with E-state index in [1.165, 1.54) is 0 Å². The highest BCUT2D eigenvalue weighted by atomic mass is 19.4. The molecule has 6 heteroatoms. The highest BCUT2D eigenvalue weighted by molar-refractivity contribution is 5.06. The molecule has 2 aliphatic rings. The minimum atomic E-state index is -4.40. The average molecular weight is 246 g/mol. The van der Waals surface area contributed by atoms with E-state index >= 15 is 0 Å². The van der Waals surface area contributed by atoms with Crippen molar-refractivity contribution in [1.29, 1.82) is 0 Å². The van der Waals surface area contributed by atoms with Gasteiger partial charge in [0.05, 0.1) is 0 Å². The molecule has 0 atom stereocenters. The molecule has 94 valence electrons. The number of alkyl halides is 3. The Balaban J connectivity index is 1.57. The minimum absolute atomic E-state index is 0.212. The predicted octanol–water partition coefficient (Wildman–Crippen LogP) is 2.24. The maximum absolute atomic E-state index is 12.3. The van der Waals surface area contributed by atoms with Gasteiger partial charge in [-0.3, -0.25) is 0 Å². The largest absolute Gasteiger partial charge is 0.448 e. The average Bonchev–Trinajstić information content (AvgIpc) is 2.54. The van der Waals surface area contributed by atoms with Crippen LogP contribution in [-0.2, 0) is 12.6 Å². The molecule has 0 amide bonds. The van der Waals surface area contributed by atoms with Crippen molar-refractivity contribution in [2.75, 3.05) is 13.1 Å². The Morgan fingerprint density at radius 3 is 2.59 bits per heavy atom. The molecule has 0 bridgehead atoms. The fourth-order valence-electron chi connectivity index (χ4n) is 2.86. The molecule has 17 heavy (non-hydrogen) atoms. The molecule has 3 nitrogen and oxygen atoms in total. The third-order valence-corrected chi connectivity index (χ3v) is 3.75. The maximum atomic E-state index is 12.3. The summed E-state index contributed by atoms with van der Waals surface area (Å²) in [7, 11) is 0. The van der Waals surface area contributed by atoms with E-state index in [1.54, 1.807) is 0 Å². The zero-order valence-corrected chi connectivity index (χ0v) is 9.18. The zero-order valence-electron chi connectivity index (χ0n) is 9.18. The first kappa shape index (κ1) is 11.1. The second kappa shape index (κ2) is 3.48. The van der Waals surface area contributed by atoms with Crippen LogP contribution in [0.5, 0.6) is 0 Å². The molecule has 1 saturated carbocycles. The van der Waals surface area contributed by atoms with E-state index in [1.807, 2.05) is 0 Å². The quantitative estimate of drug-likeness (QED) is 0.869. The van der Waals surface area contributed by atoms with Crippen LogP contribution < -0.4 is 5.32 Å². The molecular formula is C11H13F3N2O. The third-order valence-electron chi connectivity index (χ3n) is 3.75. The Hall–Kier alpha value is -1.04. The Labute approximate surface area is 96.4 Å². The molecule has 1 saturated heterocycles. The van der Waals surface area contributed by atoms with Crippen molar-refractivity contribution in [3.63, 3.8) is 0 Å². The van der Waals surface area contributed by atoms with E-state index in [-0.39, 0.29) is 5.89 Å². The molecule has 1 N–H and O–H groups in total. The minimum Gasteiger partial charge on any atom is -0.448 e. The van der Waals surface area contributed by atoms with Gasteiger partial charge in [-0.2, -0.15) is 13.2 Å². The Morgan fingerprint density at radius 2 is 2.12 bits per heavy atom. The van der Waals surface area contributed by atoms with E-state index in [2.05, 4.69) is 10.3 Å². The summed E-state index contributed by atoms with van der Waals surface area (Å²) in [4.78, 5) is 3.49. The fraction of sp³-hybridized carbons (Fsp3) is 0.727. The lowest BCUT2D eigenvalue weighted by Gasteiger charge is -2.54. The van der Waals surface area contributed by atoms with Crippen LogP contribution in [0.3, 0.4) is 0 Å². The van der Waals surface area contributed by atoms with Crippen molar-refractivity contribution >= 4 is 0 Å². The van der Waals surface area contributed by atoms with Gasteiger partial charge in [-0.25, -0.2) is 4.98 Å². The van der Waals surface area contributed by atoms with Crippen LogP contribution in [-0.4, -0.2) is 18.1 Å². The van der Waals surface area contributed by atoms with Crippen molar-refractivity contribution in [1.82, 2.24) is 10.3 Å². The van der Waals surface area contributed by atoms with E-state index in [4.69, 9.17) is 4.42 Å². The van der Waals surface area contributed by atoms with E-state index in [9.17, 15) is 13.2 Å². The normalized spacial score (nSPS) is 23.5. The van der Waals surface area contributed by atoms with Crippen LogP contribution in [0.4, 0.5) is 13.2 Å². The number of nitrogens with zero attached hydrogens (tertiary/aromatic N) is 1. The van der Waals surface area contributed by atoms with Crippen LogP contribution in [0.2, 0.25) is 0 Å². The summed E-state index contributed by atoms with van der Waals surface area (Å²) in [5, 5.41) is 3.22. The summed E-state index contributed by atoms with van der Waals surface area (Å²) < 4.78 is 41.7. The molecule has 0 unspecified atom stereocenters. The van der Waals surface area contributed by atoms with Crippen molar-refractivity contribution in [2.24, 2.45) is 11.3 Å². The summed E-state index contributed by atoms with van der Waals surface area (Å²) in [6.07, 6.45) is -1.03. The van der Waals surface area contributed by atoms with Crippen molar-refractivity contribution in [3.8, 4) is 0 Å². The molecule has 1 aromatic heterocycles. The van der Waals surface area contributed by atoms with Crippen LogP contribution in [0.15, 0.2) is 10.7 Å². The van der Waals surface area contributed by atoms with Gasteiger partial charge in [0.25, 0.3) is 0 Å². The summed E-state index contributed by atoms with van der Waals surface area (Å²) in [5.74, 6) is 0.640. The Morgan fingerprint density at radius 1 is 1.41 bits per heavy atom. The number of nitrogens with one attached hydrogen (secondary N) is 1. The number of hydrogen-bond acceptors (Lipinski definition) is 3. The summed E-state index contributed by atoms with van der Waals surface area (Å²) in [6.45, 7) is 2.09. The summed E-state index contributed by atoms with van der Waals surface area (Å²) in [5.41, 5.74) is -0.490. The van der Waals surface area contributed by atoms with Gasteiger partial charge in [-0.15, -0.1) is 0 Å². The van der Waals surface area contributed by atoms with Crippen LogP contribution in [0, 0.1) is 11.3 Å². The van der Waals surface area contributed by atoms with E-state index in [0.717, 1.165) is 25.9 Å². The molecule has 0 aromatic carbocycles. The standard InChI is InChI=1S/C11H13F3N2O/c12-11(13,14)8-4-17-9(16-8)1-7-2-10(3-7)5-15-6-10/h4,7,15H,1-3,5-6H2. The number of aromatic nitrogens is 1. The molecule has 1 aliphatic heterocycles. The molecule has 2 fully saturated rings.